The number of phenols is 2. The second kappa shape index (κ2) is 12.5. The zero-order chi connectivity index (χ0) is 20.2. The van der Waals surface area contributed by atoms with Gasteiger partial charge in [0.2, 0.25) is 0 Å². The van der Waals surface area contributed by atoms with Crippen LogP contribution < -0.4 is 0 Å². The van der Waals surface area contributed by atoms with E-state index in [2.05, 4.69) is 13.0 Å². The molecule has 2 nitrogen and oxygen atoms in total. The van der Waals surface area contributed by atoms with Crippen molar-refractivity contribution in [1.29, 1.82) is 0 Å². The lowest BCUT2D eigenvalue weighted by Crippen LogP contribution is -1.87. The number of unbranched alkanes of at least 4 members (excludes halogenated alkanes) is 11. The number of allylic oxidation sites excluding steroid dienone is 1. The standard InChI is InChI=1S/C26H38O2/c1-3-4-5-6-7-8-9-10-11-12-13-14-15-18-22-21(2)25(27)23-19-16-17-20-24(23)26(22)28/h15-20,27-28H,3-14H2,1-2H3. The van der Waals surface area contributed by atoms with E-state index in [-0.39, 0.29) is 11.5 Å². The van der Waals surface area contributed by atoms with Gasteiger partial charge in [-0.25, -0.2) is 0 Å². The molecule has 0 bridgehead atoms. The summed E-state index contributed by atoms with van der Waals surface area (Å²) >= 11 is 0. The van der Waals surface area contributed by atoms with E-state index in [0.717, 1.165) is 17.5 Å². The molecule has 28 heavy (non-hydrogen) atoms. The summed E-state index contributed by atoms with van der Waals surface area (Å²) in [5.74, 6) is 0.531. The van der Waals surface area contributed by atoms with Crippen LogP contribution in [0.25, 0.3) is 16.8 Å². The van der Waals surface area contributed by atoms with E-state index in [9.17, 15) is 10.2 Å². The van der Waals surface area contributed by atoms with Crippen molar-refractivity contribution in [1.82, 2.24) is 0 Å². The molecule has 2 rings (SSSR count). The van der Waals surface area contributed by atoms with Crippen LogP contribution in [0.4, 0.5) is 0 Å². The minimum absolute atomic E-state index is 0.265. The van der Waals surface area contributed by atoms with Gasteiger partial charge in [0.15, 0.2) is 0 Å². The summed E-state index contributed by atoms with van der Waals surface area (Å²) in [6, 6.07) is 7.46. The average molecular weight is 383 g/mol. The Balaban J connectivity index is 1.69. The molecule has 2 heteroatoms. The second-order valence-corrected chi connectivity index (χ2v) is 8.01. The van der Waals surface area contributed by atoms with Crippen LogP contribution in [0.15, 0.2) is 30.3 Å². The molecule has 0 atom stereocenters. The molecule has 0 amide bonds. The normalized spacial score (nSPS) is 11.6. The molecule has 0 fully saturated rings. The molecule has 0 saturated carbocycles. The van der Waals surface area contributed by atoms with E-state index < -0.39 is 0 Å². The van der Waals surface area contributed by atoms with E-state index in [1.165, 1.54) is 70.6 Å². The van der Waals surface area contributed by atoms with Gasteiger partial charge in [0.25, 0.3) is 0 Å². The fourth-order valence-electron chi connectivity index (χ4n) is 3.88. The summed E-state index contributed by atoms with van der Waals surface area (Å²) in [4.78, 5) is 0. The highest BCUT2D eigenvalue weighted by atomic mass is 16.3. The molecule has 2 aromatic carbocycles. The van der Waals surface area contributed by atoms with E-state index in [1.807, 2.05) is 37.3 Å². The molecular formula is C26H38O2. The van der Waals surface area contributed by atoms with Gasteiger partial charge in [-0.2, -0.15) is 0 Å². The van der Waals surface area contributed by atoms with Gasteiger partial charge < -0.3 is 10.2 Å². The Kier molecular flexibility index (Phi) is 9.96. The minimum Gasteiger partial charge on any atom is -0.507 e. The molecule has 0 heterocycles. The Morgan fingerprint density at radius 2 is 1.21 bits per heavy atom. The molecule has 0 aliphatic carbocycles. The van der Waals surface area contributed by atoms with Crippen LogP contribution in [-0.4, -0.2) is 10.2 Å². The number of fused-ring (bicyclic) bond motifs is 1. The van der Waals surface area contributed by atoms with Gasteiger partial charge in [-0.3, -0.25) is 0 Å². The van der Waals surface area contributed by atoms with Crippen molar-refractivity contribution in [3.8, 4) is 11.5 Å². The maximum Gasteiger partial charge on any atom is 0.131 e. The Morgan fingerprint density at radius 1 is 0.714 bits per heavy atom. The fraction of sp³-hybridized carbons (Fsp3) is 0.538. The summed E-state index contributed by atoms with van der Waals surface area (Å²) in [6.07, 6.45) is 20.0. The third-order valence-electron chi connectivity index (χ3n) is 5.71. The monoisotopic (exact) mass is 382 g/mol. The largest absolute Gasteiger partial charge is 0.507 e. The predicted octanol–water partition coefficient (Wildman–Crippen LogP) is 8.27. The summed E-state index contributed by atoms with van der Waals surface area (Å²) in [6.45, 7) is 4.13. The van der Waals surface area contributed by atoms with Crippen molar-refractivity contribution in [2.24, 2.45) is 0 Å². The van der Waals surface area contributed by atoms with Crippen molar-refractivity contribution < 1.29 is 10.2 Å². The molecule has 0 aliphatic heterocycles. The highest BCUT2D eigenvalue weighted by molar-refractivity contribution is 5.97. The molecule has 0 aliphatic rings. The Bertz CT molecular complexity index is 746. The molecule has 154 valence electrons. The zero-order valence-corrected chi connectivity index (χ0v) is 17.8. The van der Waals surface area contributed by atoms with Crippen LogP contribution in [0.5, 0.6) is 11.5 Å². The third-order valence-corrected chi connectivity index (χ3v) is 5.71. The highest BCUT2D eigenvalue weighted by Crippen LogP contribution is 2.39. The molecule has 0 unspecified atom stereocenters. The maximum atomic E-state index is 10.6. The smallest absolute Gasteiger partial charge is 0.131 e. The van der Waals surface area contributed by atoms with E-state index in [4.69, 9.17) is 0 Å². The Labute approximate surface area is 171 Å². The Morgan fingerprint density at radius 3 is 1.79 bits per heavy atom. The quantitative estimate of drug-likeness (QED) is 0.270. The van der Waals surface area contributed by atoms with Crippen LogP contribution in [0.3, 0.4) is 0 Å². The number of benzene rings is 2. The molecule has 0 aromatic heterocycles. The summed E-state index contributed by atoms with van der Waals surface area (Å²) in [5, 5.41) is 22.4. The number of phenolic OH excluding ortho intramolecular Hbond substituents is 2. The lowest BCUT2D eigenvalue weighted by molar-refractivity contribution is 0.465. The molecule has 2 N–H and O–H groups in total. The van der Waals surface area contributed by atoms with Gasteiger partial charge in [-0.1, -0.05) is 108 Å². The lowest BCUT2D eigenvalue weighted by Gasteiger charge is -2.11. The molecule has 2 aromatic rings. The van der Waals surface area contributed by atoms with Gasteiger partial charge in [0.05, 0.1) is 0 Å². The highest BCUT2D eigenvalue weighted by Gasteiger charge is 2.13. The Hall–Kier alpha value is -1.96. The van der Waals surface area contributed by atoms with Gasteiger partial charge >= 0.3 is 0 Å². The van der Waals surface area contributed by atoms with Crippen molar-refractivity contribution in [3.63, 3.8) is 0 Å². The van der Waals surface area contributed by atoms with E-state index >= 15 is 0 Å². The molecular weight excluding hydrogens is 344 g/mol. The molecule has 0 saturated heterocycles. The van der Waals surface area contributed by atoms with Crippen molar-refractivity contribution in [3.05, 3.63) is 41.5 Å². The summed E-state index contributed by atoms with van der Waals surface area (Å²) in [7, 11) is 0. The van der Waals surface area contributed by atoms with E-state index in [0.29, 0.717) is 10.8 Å². The van der Waals surface area contributed by atoms with Crippen LogP contribution in [0, 0.1) is 6.92 Å². The zero-order valence-electron chi connectivity index (χ0n) is 17.8. The molecule has 0 spiro atoms. The van der Waals surface area contributed by atoms with Gasteiger partial charge in [0, 0.05) is 21.9 Å². The van der Waals surface area contributed by atoms with Crippen molar-refractivity contribution >= 4 is 16.8 Å². The second-order valence-electron chi connectivity index (χ2n) is 8.01. The summed E-state index contributed by atoms with van der Waals surface area (Å²) in [5.41, 5.74) is 1.48. The first kappa shape index (κ1) is 22.3. The fourth-order valence-corrected chi connectivity index (χ4v) is 3.88. The van der Waals surface area contributed by atoms with Gasteiger partial charge in [0.1, 0.15) is 11.5 Å². The van der Waals surface area contributed by atoms with E-state index in [1.54, 1.807) is 0 Å². The van der Waals surface area contributed by atoms with Gasteiger partial charge in [-0.15, -0.1) is 0 Å². The maximum absolute atomic E-state index is 10.6. The number of aromatic hydroxyl groups is 2. The van der Waals surface area contributed by atoms with Crippen LogP contribution in [-0.2, 0) is 0 Å². The van der Waals surface area contributed by atoms with Crippen LogP contribution >= 0.6 is 0 Å². The third kappa shape index (κ3) is 6.58. The van der Waals surface area contributed by atoms with Crippen molar-refractivity contribution in [2.75, 3.05) is 0 Å². The predicted molar refractivity (Wildman–Crippen MR) is 122 cm³/mol. The van der Waals surface area contributed by atoms with Crippen molar-refractivity contribution in [2.45, 2.75) is 90.9 Å². The number of hydrogen-bond acceptors (Lipinski definition) is 2. The topological polar surface area (TPSA) is 40.5 Å². The minimum atomic E-state index is 0.265. The van der Waals surface area contributed by atoms with Crippen LogP contribution in [0.1, 0.15) is 95.1 Å². The first-order valence-corrected chi connectivity index (χ1v) is 11.3. The summed E-state index contributed by atoms with van der Waals surface area (Å²) < 4.78 is 0. The number of hydrogen-bond donors (Lipinski definition) is 2. The first-order valence-electron chi connectivity index (χ1n) is 11.3. The van der Waals surface area contributed by atoms with Crippen LogP contribution in [0.2, 0.25) is 0 Å². The average Bonchev–Trinajstić information content (AvgIpc) is 2.72. The lowest BCUT2D eigenvalue weighted by atomic mass is 9.98. The molecule has 0 radical (unpaired) electrons. The van der Waals surface area contributed by atoms with Gasteiger partial charge in [-0.05, 0) is 19.8 Å². The SMILES string of the molecule is CCCCCCCCCCCCCC=Cc1c(C)c(O)c2ccccc2c1O. The number of rotatable bonds is 13. The first-order chi connectivity index (χ1) is 13.7.